The van der Waals surface area contributed by atoms with Gasteiger partial charge in [-0.15, -0.1) is 0 Å². The van der Waals surface area contributed by atoms with Crippen molar-refractivity contribution in [3.05, 3.63) is 127 Å². The SMILES string of the molecule is C1=CC2=CC=C(N(c3ccc4c(c3)-c3c5cccc3-c3cccc-4c3-c3ccccc3-5)C3CCCCCC3)CC2C=C1. The third-order valence-corrected chi connectivity index (χ3v) is 10.3. The van der Waals surface area contributed by atoms with E-state index in [0.717, 1.165) is 6.42 Å². The molecule has 0 aromatic heterocycles. The van der Waals surface area contributed by atoms with Crippen molar-refractivity contribution < 1.29 is 0 Å². The van der Waals surface area contributed by atoms with E-state index in [2.05, 4.69) is 120 Å². The normalized spacial score (nSPS) is 19.5. The Labute approximate surface area is 249 Å². The van der Waals surface area contributed by atoms with Crippen LogP contribution in [0, 0.1) is 5.92 Å². The summed E-state index contributed by atoms with van der Waals surface area (Å²) in [5.41, 5.74) is 17.9. The fourth-order valence-electron chi connectivity index (χ4n) is 8.40. The van der Waals surface area contributed by atoms with Gasteiger partial charge in [-0.2, -0.15) is 0 Å². The average molecular weight is 542 g/mol. The zero-order valence-electron chi connectivity index (χ0n) is 24.0. The molecule has 0 N–H and O–H groups in total. The second kappa shape index (κ2) is 9.60. The zero-order chi connectivity index (χ0) is 27.6. The molecule has 42 heavy (non-hydrogen) atoms. The van der Waals surface area contributed by atoms with Crippen LogP contribution in [0.25, 0.3) is 55.6 Å². The van der Waals surface area contributed by atoms with Crippen molar-refractivity contribution in [3.63, 3.8) is 0 Å². The van der Waals surface area contributed by atoms with E-state index in [1.165, 1.54) is 111 Å². The molecule has 4 aromatic rings. The van der Waals surface area contributed by atoms with Gasteiger partial charge in [0.05, 0.1) is 0 Å². The fourth-order valence-corrected chi connectivity index (χ4v) is 8.40. The second-order valence-corrected chi connectivity index (χ2v) is 12.6. The van der Waals surface area contributed by atoms with E-state index in [1.807, 2.05) is 0 Å². The Kier molecular flexibility index (Phi) is 5.54. The first kappa shape index (κ1) is 24.3. The second-order valence-electron chi connectivity index (χ2n) is 12.6. The summed E-state index contributed by atoms with van der Waals surface area (Å²) in [4.78, 5) is 2.76. The maximum absolute atomic E-state index is 2.76. The molecule has 0 heterocycles. The molecule has 1 fully saturated rings. The summed E-state index contributed by atoms with van der Waals surface area (Å²) in [6.07, 6.45) is 22.9. The number of fused-ring (bicyclic) bond motifs is 5. The van der Waals surface area contributed by atoms with Gasteiger partial charge in [-0.1, -0.05) is 123 Å². The minimum atomic E-state index is 0.475. The highest BCUT2D eigenvalue weighted by Gasteiger charge is 2.33. The molecule has 4 aromatic carbocycles. The number of benzene rings is 4. The Bertz CT molecular complexity index is 1850. The lowest BCUT2D eigenvalue weighted by Gasteiger charge is -2.38. The van der Waals surface area contributed by atoms with Crippen molar-refractivity contribution in [1.82, 2.24) is 0 Å². The molecule has 1 saturated carbocycles. The number of rotatable bonds is 3. The van der Waals surface area contributed by atoms with Gasteiger partial charge in [-0.25, -0.2) is 0 Å². The highest BCUT2D eigenvalue weighted by molar-refractivity contribution is 6.14. The Morgan fingerprint density at radius 2 is 1.19 bits per heavy atom. The van der Waals surface area contributed by atoms with Crippen LogP contribution in [-0.2, 0) is 0 Å². The average Bonchev–Trinajstić information content (AvgIpc) is 3.38. The van der Waals surface area contributed by atoms with E-state index < -0.39 is 0 Å². The summed E-state index contributed by atoms with van der Waals surface area (Å²) >= 11 is 0. The summed E-state index contributed by atoms with van der Waals surface area (Å²) in [6.45, 7) is 0. The number of anilines is 1. The lowest BCUT2D eigenvalue weighted by atomic mass is 9.83. The van der Waals surface area contributed by atoms with Crippen molar-refractivity contribution in [3.8, 4) is 55.6 Å². The Balaban J connectivity index is 1.27. The third kappa shape index (κ3) is 3.62. The first-order valence-corrected chi connectivity index (χ1v) is 15.9. The molecular weight excluding hydrogens is 506 g/mol. The van der Waals surface area contributed by atoms with E-state index in [4.69, 9.17) is 0 Å². The van der Waals surface area contributed by atoms with Crippen LogP contribution in [0.5, 0.6) is 0 Å². The minimum absolute atomic E-state index is 0.475. The van der Waals surface area contributed by atoms with Crippen molar-refractivity contribution >= 4 is 5.69 Å². The molecule has 9 rings (SSSR count). The van der Waals surface area contributed by atoms with Crippen LogP contribution in [0.15, 0.2) is 127 Å². The number of nitrogens with zero attached hydrogens (tertiary/aromatic N) is 1. The topological polar surface area (TPSA) is 3.24 Å². The van der Waals surface area contributed by atoms with Crippen LogP contribution in [0.2, 0.25) is 0 Å². The lowest BCUT2D eigenvalue weighted by molar-refractivity contribution is 0.538. The molecule has 1 atom stereocenters. The predicted octanol–water partition coefficient (Wildman–Crippen LogP) is 11.1. The van der Waals surface area contributed by atoms with Gasteiger partial charge in [0, 0.05) is 23.3 Å². The predicted molar refractivity (Wildman–Crippen MR) is 177 cm³/mol. The van der Waals surface area contributed by atoms with E-state index in [1.54, 1.807) is 0 Å². The summed E-state index contributed by atoms with van der Waals surface area (Å²) in [7, 11) is 0. The molecule has 5 aliphatic rings. The van der Waals surface area contributed by atoms with Gasteiger partial charge >= 0.3 is 0 Å². The van der Waals surface area contributed by atoms with Crippen molar-refractivity contribution in [2.24, 2.45) is 5.92 Å². The smallest absolute Gasteiger partial charge is 0.0417 e. The van der Waals surface area contributed by atoms with Crippen LogP contribution in [0.4, 0.5) is 5.69 Å². The molecule has 1 nitrogen and oxygen atoms in total. The third-order valence-electron chi connectivity index (χ3n) is 10.3. The van der Waals surface area contributed by atoms with Gasteiger partial charge in [0.2, 0.25) is 0 Å². The maximum Gasteiger partial charge on any atom is 0.0417 e. The van der Waals surface area contributed by atoms with E-state index in [9.17, 15) is 0 Å². The maximum atomic E-state index is 2.76. The van der Waals surface area contributed by atoms with E-state index >= 15 is 0 Å². The van der Waals surface area contributed by atoms with Crippen molar-refractivity contribution in [1.29, 1.82) is 0 Å². The number of hydrogen-bond acceptors (Lipinski definition) is 1. The van der Waals surface area contributed by atoms with Gasteiger partial charge in [-0.05, 0) is 98.7 Å². The van der Waals surface area contributed by atoms with Gasteiger partial charge < -0.3 is 4.90 Å². The number of allylic oxidation sites excluding steroid dienone is 8. The van der Waals surface area contributed by atoms with Gasteiger partial charge in [0.1, 0.15) is 0 Å². The standard InChI is InChI=1S/C41H35N/c1-2-4-14-29(13-3-1)42(30-22-21-27-11-5-6-12-28(27)25-30)31-23-24-33-36-18-10-19-37-38-20-9-17-35(41(38)39(33)26-31)32-15-7-8-16-34(32)40(36)37/h5-12,15-24,26,28-29H,1-4,13-14,25H2. The Hall–Kier alpha value is -4.36. The summed E-state index contributed by atoms with van der Waals surface area (Å²) in [5.74, 6) is 0.475. The fraction of sp³-hybridized carbons (Fsp3) is 0.220. The van der Waals surface area contributed by atoms with E-state index in [-0.39, 0.29) is 0 Å². The molecule has 0 aliphatic heterocycles. The van der Waals surface area contributed by atoms with Crippen LogP contribution in [-0.4, -0.2) is 6.04 Å². The largest absolute Gasteiger partial charge is 0.342 e. The first-order chi connectivity index (χ1) is 20.8. The van der Waals surface area contributed by atoms with Gasteiger partial charge in [0.25, 0.3) is 0 Å². The summed E-state index contributed by atoms with van der Waals surface area (Å²) in [6, 6.07) is 30.8. The molecule has 1 unspecified atom stereocenters. The molecule has 1 heteroatoms. The highest BCUT2D eigenvalue weighted by Crippen LogP contribution is 2.57. The quantitative estimate of drug-likeness (QED) is 0.201. The Morgan fingerprint density at radius 3 is 1.95 bits per heavy atom. The first-order valence-electron chi connectivity index (χ1n) is 15.9. The lowest BCUT2D eigenvalue weighted by Crippen LogP contribution is -2.36. The summed E-state index contributed by atoms with van der Waals surface area (Å²) < 4.78 is 0. The van der Waals surface area contributed by atoms with Crippen LogP contribution < -0.4 is 4.90 Å². The molecule has 0 saturated heterocycles. The zero-order valence-corrected chi connectivity index (χ0v) is 24.0. The van der Waals surface area contributed by atoms with Crippen LogP contribution >= 0.6 is 0 Å². The molecule has 0 spiro atoms. The highest BCUT2D eigenvalue weighted by atomic mass is 15.2. The van der Waals surface area contributed by atoms with Crippen LogP contribution in [0.1, 0.15) is 44.9 Å². The minimum Gasteiger partial charge on any atom is -0.342 e. The monoisotopic (exact) mass is 541 g/mol. The van der Waals surface area contributed by atoms with Crippen molar-refractivity contribution in [2.45, 2.75) is 51.0 Å². The van der Waals surface area contributed by atoms with Gasteiger partial charge in [0.15, 0.2) is 0 Å². The molecule has 6 bridgehead atoms. The number of hydrogen-bond donors (Lipinski definition) is 0. The van der Waals surface area contributed by atoms with E-state index in [0.29, 0.717) is 12.0 Å². The molecule has 5 aliphatic carbocycles. The molecule has 0 radical (unpaired) electrons. The van der Waals surface area contributed by atoms with Crippen LogP contribution in [0.3, 0.4) is 0 Å². The van der Waals surface area contributed by atoms with Gasteiger partial charge in [-0.3, -0.25) is 0 Å². The summed E-state index contributed by atoms with van der Waals surface area (Å²) in [5, 5.41) is 0. The molecule has 0 amide bonds. The Morgan fingerprint density at radius 1 is 0.548 bits per heavy atom. The van der Waals surface area contributed by atoms with Crippen molar-refractivity contribution in [2.75, 3.05) is 4.90 Å². The molecular formula is C41H35N. The molecule has 204 valence electrons.